The van der Waals surface area contributed by atoms with Crippen molar-refractivity contribution in [2.45, 2.75) is 39.3 Å². The Morgan fingerprint density at radius 3 is 2.83 bits per heavy atom. The van der Waals surface area contributed by atoms with E-state index in [0.29, 0.717) is 24.7 Å². The van der Waals surface area contributed by atoms with E-state index in [-0.39, 0.29) is 18.2 Å². The first kappa shape index (κ1) is 18.6. The lowest BCUT2D eigenvalue weighted by atomic mass is 10.1. The van der Waals surface area contributed by atoms with Crippen molar-refractivity contribution in [2.24, 2.45) is 0 Å². The minimum absolute atomic E-state index is 0.170. The Morgan fingerprint density at radius 2 is 2.21 bits per heavy atom. The van der Waals surface area contributed by atoms with Crippen molar-refractivity contribution in [1.29, 1.82) is 0 Å². The van der Waals surface area contributed by atoms with Gasteiger partial charge in [-0.05, 0) is 38.5 Å². The fraction of sp³-hybridized carbons (Fsp3) is 0.526. The molecular weight excluding hydrogens is 324 g/mol. The molecule has 1 aromatic rings. The van der Waals surface area contributed by atoms with E-state index >= 15 is 0 Å². The standard InChI is InChI=1S/C19H25ClN2O2/c1-4-18(10-9-16-7-6-8-17(20)13-16)22-12-11-21(14-15(22)3)19(23)24-5-2/h6-8,13,15,18H,4-5,11-12,14H2,1-3H3/t15-,18-/m0/s1. The van der Waals surface area contributed by atoms with Gasteiger partial charge in [0.25, 0.3) is 0 Å². The summed E-state index contributed by atoms with van der Waals surface area (Å²) in [6, 6.07) is 8.02. The van der Waals surface area contributed by atoms with Crippen LogP contribution < -0.4 is 0 Å². The normalized spacial score (nSPS) is 19.3. The van der Waals surface area contributed by atoms with E-state index in [1.165, 1.54) is 0 Å². The second kappa shape index (κ2) is 8.96. The molecule has 24 heavy (non-hydrogen) atoms. The number of piperazine rings is 1. The van der Waals surface area contributed by atoms with Gasteiger partial charge in [-0.2, -0.15) is 0 Å². The molecule has 130 valence electrons. The average Bonchev–Trinajstić information content (AvgIpc) is 2.56. The molecule has 0 bridgehead atoms. The number of hydrogen-bond donors (Lipinski definition) is 0. The molecular formula is C19H25ClN2O2. The fourth-order valence-corrected chi connectivity index (χ4v) is 3.16. The highest BCUT2D eigenvalue weighted by molar-refractivity contribution is 6.30. The van der Waals surface area contributed by atoms with Crippen LogP contribution in [-0.4, -0.2) is 54.2 Å². The molecule has 1 aliphatic heterocycles. The molecule has 5 heteroatoms. The number of hydrogen-bond acceptors (Lipinski definition) is 3. The first-order chi connectivity index (χ1) is 11.5. The molecule has 0 radical (unpaired) electrons. The van der Waals surface area contributed by atoms with E-state index in [9.17, 15) is 4.79 Å². The molecule has 4 nitrogen and oxygen atoms in total. The third-order valence-corrected chi connectivity index (χ3v) is 4.43. The zero-order valence-electron chi connectivity index (χ0n) is 14.6. The predicted octanol–water partition coefficient (Wildman–Crippen LogP) is 3.63. The maximum Gasteiger partial charge on any atom is 0.409 e. The number of carbonyl (C=O) groups excluding carboxylic acids is 1. The number of benzene rings is 1. The summed E-state index contributed by atoms with van der Waals surface area (Å²) < 4.78 is 5.10. The Morgan fingerprint density at radius 1 is 1.42 bits per heavy atom. The van der Waals surface area contributed by atoms with Crippen molar-refractivity contribution < 1.29 is 9.53 Å². The van der Waals surface area contributed by atoms with Crippen LogP contribution >= 0.6 is 11.6 Å². The highest BCUT2D eigenvalue weighted by Crippen LogP contribution is 2.16. The van der Waals surface area contributed by atoms with E-state index < -0.39 is 0 Å². The van der Waals surface area contributed by atoms with Crippen molar-refractivity contribution in [3.8, 4) is 11.8 Å². The Hall–Kier alpha value is -1.70. The van der Waals surface area contributed by atoms with Crippen LogP contribution in [0.1, 0.15) is 32.8 Å². The van der Waals surface area contributed by atoms with Gasteiger partial charge < -0.3 is 9.64 Å². The van der Waals surface area contributed by atoms with Gasteiger partial charge in [0.1, 0.15) is 0 Å². The number of amides is 1. The van der Waals surface area contributed by atoms with Crippen LogP contribution in [-0.2, 0) is 4.74 Å². The Kier molecular flexibility index (Phi) is 6.96. The Balaban J connectivity index is 2.03. The van der Waals surface area contributed by atoms with E-state index in [1.54, 1.807) is 4.90 Å². The zero-order valence-corrected chi connectivity index (χ0v) is 15.3. The average molecular weight is 349 g/mol. The van der Waals surface area contributed by atoms with Crippen LogP contribution in [0.2, 0.25) is 5.02 Å². The summed E-state index contributed by atoms with van der Waals surface area (Å²) in [5, 5.41) is 0.700. The third kappa shape index (κ3) is 4.90. The van der Waals surface area contributed by atoms with E-state index in [1.807, 2.05) is 31.2 Å². The summed E-state index contributed by atoms with van der Waals surface area (Å²) >= 11 is 6.01. The highest BCUT2D eigenvalue weighted by Gasteiger charge is 2.30. The molecule has 0 N–H and O–H groups in total. The molecule has 1 heterocycles. The van der Waals surface area contributed by atoms with Gasteiger partial charge in [0.05, 0.1) is 12.6 Å². The second-order valence-electron chi connectivity index (χ2n) is 5.94. The summed E-state index contributed by atoms with van der Waals surface area (Å²) in [5.74, 6) is 6.59. The molecule has 0 spiro atoms. The summed E-state index contributed by atoms with van der Waals surface area (Å²) in [5.41, 5.74) is 0.929. The monoisotopic (exact) mass is 348 g/mol. The van der Waals surface area contributed by atoms with Crippen molar-refractivity contribution >= 4 is 17.7 Å². The summed E-state index contributed by atoms with van der Waals surface area (Å²) in [6.45, 7) is 8.68. The van der Waals surface area contributed by atoms with Gasteiger partial charge in [-0.1, -0.05) is 36.4 Å². The van der Waals surface area contributed by atoms with Crippen LogP contribution in [0.25, 0.3) is 0 Å². The van der Waals surface area contributed by atoms with Gasteiger partial charge >= 0.3 is 6.09 Å². The molecule has 0 aromatic heterocycles. The molecule has 0 unspecified atom stereocenters. The van der Waals surface area contributed by atoms with Crippen LogP contribution in [0.3, 0.4) is 0 Å². The molecule has 2 atom stereocenters. The van der Waals surface area contributed by atoms with Crippen molar-refractivity contribution in [3.05, 3.63) is 34.9 Å². The third-order valence-electron chi connectivity index (χ3n) is 4.20. The Bertz CT molecular complexity index is 623. The minimum Gasteiger partial charge on any atom is -0.450 e. The second-order valence-corrected chi connectivity index (χ2v) is 6.37. The van der Waals surface area contributed by atoms with Crippen LogP contribution in [0.5, 0.6) is 0 Å². The molecule has 1 aromatic carbocycles. The number of halogens is 1. The minimum atomic E-state index is -0.220. The maximum atomic E-state index is 11.9. The van der Waals surface area contributed by atoms with E-state index in [0.717, 1.165) is 18.5 Å². The van der Waals surface area contributed by atoms with Gasteiger partial charge in [-0.25, -0.2) is 4.79 Å². The maximum absolute atomic E-state index is 11.9. The molecule has 1 amide bonds. The molecule has 0 saturated carbocycles. The molecule has 1 aliphatic rings. The number of rotatable bonds is 3. The van der Waals surface area contributed by atoms with Crippen molar-refractivity contribution in [3.63, 3.8) is 0 Å². The van der Waals surface area contributed by atoms with Gasteiger partial charge in [0.2, 0.25) is 0 Å². The summed E-state index contributed by atoms with van der Waals surface area (Å²) in [7, 11) is 0. The van der Waals surface area contributed by atoms with Gasteiger partial charge in [0, 0.05) is 36.3 Å². The zero-order chi connectivity index (χ0) is 17.5. The number of ether oxygens (including phenoxy) is 1. The molecule has 0 aliphatic carbocycles. The van der Waals surface area contributed by atoms with Gasteiger partial charge in [-0.15, -0.1) is 0 Å². The quantitative estimate of drug-likeness (QED) is 0.782. The molecule has 1 fully saturated rings. The van der Waals surface area contributed by atoms with E-state index in [2.05, 4.69) is 30.6 Å². The Labute approximate surface area is 149 Å². The fourth-order valence-electron chi connectivity index (χ4n) is 2.97. The van der Waals surface area contributed by atoms with Crippen LogP contribution in [0.15, 0.2) is 24.3 Å². The lowest BCUT2D eigenvalue weighted by Gasteiger charge is -2.41. The van der Waals surface area contributed by atoms with Crippen LogP contribution in [0, 0.1) is 11.8 Å². The van der Waals surface area contributed by atoms with Gasteiger partial charge in [-0.3, -0.25) is 4.90 Å². The first-order valence-corrected chi connectivity index (χ1v) is 8.87. The largest absolute Gasteiger partial charge is 0.450 e. The van der Waals surface area contributed by atoms with Crippen LogP contribution in [0.4, 0.5) is 4.79 Å². The van der Waals surface area contributed by atoms with Crippen molar-refractivity contribution in [2.75, 3.05) is 26.2 Å². The lowest BCUT2D eigenvalue weighted by Crippen LogP contribution is -2.56. The van der Waals surface area contributed by atoms with E-state index in [4.69, 9.17) is 16.3 Å². The highest BCUT2D eigenvalue weighted by atomic mass is 35.5. The van der Waals surface area contributed by atoms with Crippen molar-refractivity contribution in [1.82, 2.24) is 9.80 Å². The first-order valence-electron chi connectivity index (χ1n) is 8.49. The topological polar surface area (TPSA) is 32.8 Å². The summed E-state index contributed by atoms with van der Waals surface area (Å²) in [6.07, 6.45) is 0.721. The molecule has 2 rings (SSSR count). The summed E-state index contributed by atoms with van der Waals surface area (Å²) in [4.78, 5) is 16.0. The SMILES string of the molecule is CCOC(=O)N1CCN([C@H](C#Cc2cccc(Cl)c2)CC)[C@@H](C)C1. The number of nitrogens with zero attached hydrogens (tertiary/aromatic N) is 2. The number of carbonyl (C=O) groups is 1. The molecule has 1 saturated heterocycles. The van der Waals surface area contributed by atoms with Gasteiger partial charge in [0.15, 0.2) is 0 Å². The smallest absolute Gasteiger partial charge is 0.409 e. The lowest BCUT2D eigenvalue weighted by molar-refractivity contribution is 0.0473. The predicted molar refractivity (Wildman–Crippen MR) is 97.2 cm³/mol.